The van der Waals surface area contributed by atoms with Crippen LogP contribution in [0, 0.1) is 6.92 Å². The van der Waals surface area contributed by atoms with Gasteiger partial charge in [-0.1, -0.05) is 53.2 Å². The van der Waals surface area contributed by atoms with Crippen LogP contribution in [0.5, 0.6) is 0 Å². The van der Waals surface area contributed by atoms with Gasteiger partial charge in [0.15, 0.2) is 0 Å². The van der Waals surface area contributed by atoms with Gasteiger partial charge >= 0.3 is 0 Å². The monoisotopic (exact) mass is 471 g/mol. The Bertz CT molecular complexity index is 1400. The van der Waals surface area contributed by atoms with Crippen molar-refractivity contribution in [3.63, 3.8) is 0 Å². The molecule has 3 heterocycles. The Balaban J connectivity index is 1.14. The maximum absolute atomic E-state index is 13.3. The van der Waals surface area contributed by atoms with Crippen LogP contribution < -0.4 is 5.56 Å². The second-order valence-electron chi connectivity index (χ2n) is 9.09. The maximum Gasteiger partial charge on any atom is 0.254 e. The zero-order valence-electron chi connectivity index (χ0n) is 20.1. The fourth-order valence-corrected chi connectivity index (χ4v) is 4.56. The normalized spacial score (nSPS) is 14.5. The van der Waals surface area contributed by atoms with E-state index in [9.17, 15) is 9.59 Å². The lowest BCUT2D eigenvalue weighted by atomic mass is 10.1. The van der Waals surface area contributed by atoms with E-state index in [1.807, 2.05) is 60.4 Å². The van der Waals surface area contributed by atoms with E-state index in [1.165, 1.54) is 11.6 Å². The van der Waals surface area contributed by atoms with Gasteiger partial charge in [-0.25, -0.2) is 0 Å². The van der Waals surface area contributed by atoms with Crippen LogP contribution in [0.15, 0.2) is 63.9 Å². The summed E-state index contributed by atoms with van der Waals surface area (Å²) in [7, 11) is 1.73. The Morgan fingerprint density at radius 1 is 1.03 bits per heavy atom. The first-order valence-electron chi connectivity index (χ1n) is 12.0. The zero-order valence-corrected chi connectivity index (χ0v) is 20.1. The van der Waals surface area contributed by atoms with E-state index in [4.69, 9.17) is 4.52 Å². The molecule has 0 spiro atoms. The van der Waals surface area contributed by atoms with E-state index >= 15 is 0 Å². The molecule has 5 rings (SSSR count). The second-order valence-corrected chi connectivity index (χ2v) is 9.09. The summed E-state index contributed by atoms with van der Waals surface area (Å²) in [6.45, 7) is 5.83. The molecule has 1 saturated heterocycles. The molecular formula is C27H29N5O3. The third-order valence-corrected chi connectivity index (χ3v) is 6.69. The summed E-state index contributed by atoms with van der Waals surface area (Å²) in [5, 5.41) is 4.92. The molecule has 35 heavy (non-hydrogen) atoms. The summed E-state index contributed by atoms with van der Waals surface area (Å²) in [6.07, 6.45) is 1.63. The van der Waals surface area contributed by atoms with Crippen molar-refractivity contribution in [2.45, 2.75) is 19.8 Å². The molecule has 0 unspecified atom stereocenters. The van der Waals surface area contributed by atoms with E-state index in [2.05, 4.69) is 15.0 Å². The highest BCUT2D eigenvalue weighted by atomic mass is 16.5. The fourth-order valence-electron chi connectivity index (χ4n) is 4.56. The number of aromatic nitrogens is 3. The van der Waals surface area contributed by atoms with Crippen LogP contribution in [0.1, 0.15) is 28.2 Å². The summed E-state index contributed by atoms with van der Waals surface area (Å²) < 4.78 is 7.01. The number of rotatable bonds is 6. The van der Waals surface area contributed by atoms with Crippen molar-refractivity contribution in [2.75, 3.05) is 32.7 Å². The van der Waals surface area contributed by atoms with Gasteiger partial charge < -0.3 is 14.0 Å². The largest absolute Gasteiger partial charge is 0.339 e. The summed E-state index contributed by atoms with van der Waals surface area (Å²) in [6, 6.07) is 17.1. The number of pyridine rings is 1. The SMILES string of the molecule is Cc1ccc(-c2noc(CCCN3CCN(C(=O)c4cc(=O)n(C)c5ccccc45)CC3)n2)cc1. The van der Waals surface area contributed by atoms with Gasteiger partial charge in [-0.2, -0.15) is 4.98 Å². The van der Waals surface area contributed by atoms with Gasteiger partial charge in [-0.15, -0.1) is 0 Å². The number of para-hydroxylation sites is 1. The second kappa shape index (κ2) is 9.84. The average molecular weight is 472 g/mol. The summed E-state index contributed by atoms with van der Waals surface area (Å²) >= 11 is 0. The van der Waals surface area contributed by atoms with Crippen molar-refractivity contribution in [1.29, 1.82) is 0 Å². The maximum atomic E-state index is 13.3. The minimum atomic E-state index is -0.169. The molecule has 1 aliphatic rings. The molecule has 0 N–H and O–H groups in total. The Kier molecular flexibility index (Phi) is 6.46. The van der Waals surface area contributed by atoms with Gasteiger partial charge in [0.25, 0.3) is 11.5 Å². The van der Waals surface area contributed by atoms with Gasteiger partial charge in [0.1, 0.15) is 0 Å². The highest BCUT2D eigenvalue weighted by Gasteiger charge is 2.24. The first kappa shape index (κ1) is 23.0. The summed E-state index contributed by atoms with van der Waals surface area (Å²) in [4.78, 5) is 34.4. The van der Waals surface area contributed by atoms with Crippen LogP contribution in [-0.4, -0.2) is 63.1 Å². The van der Waals surface area contributed by atoms with E-state index in [1.54, 1.807) is 11.6 Å². The van der Waals surface area contributed by atoms with Crippen LogP contribution in [-0.2, 0) is 13.5 Å². The predicted octanol–water partition coefficient (Wildman–Crippen LogP) is 3.29. The van der Waals surface area contributed by atoms with Gasteiger partial charge in [-0.3, -0.25) is 14.5 Å². The van der Waals surface area contributed by atoms with Crippen LogP contribution in [0.2, 0.25) is 0 Å². The lowest BCUT2D eigenvalue weighted by molar-refractivity contribution is 0.0637. The van der Waals surface area contributed by atoms with Crippen molar-refractivity contribution in [1.82, 2.24) is 24.5 Å². The number of amides is 1. The Morgan fingerprint density at radius 2 is 1.77 bits per heavy atom. The van der Waals surface area contributed by atoms with Gasteiger partial charge in [-0.05, 0) is 26.0 Å². The number of fused-ring (bicyclic) bond motifs is 1. The summed E-state index contributed by atoms with van der Waals surface area (Å²) in [5.41, 5.74) is 3.24. The quantitative estimate of drug-likeness (QED) is 0.429. The van der Waals surface area contributed by atoms with Gasteiger partial charge in [0, 0.05) is 56.7 Å². The zero-order chi connectivity index (χ0) is 24.4. The van der Waals surface area contributed by atoms with Gasteiger partial charge in [0.2, 0.25) is 11.7 Å². The molecule has 0 aliphatic carbocycles. The van der Waals surface area contributed by atoms with Crippen LogP contribution in [0.25, 0.3) is 22.3 Å². The number of carbonyl (C=O) groups excluding carboxylic acids is 1. The highest BCUT2D eigenvalue weighted by Crippen LogP contribution is 2.20. The van der Waals surface area contributed by atoms with Crippen molar-refractivity contribution >= 4 is 16.8 Å². The molecule has 0 bridgehead atoms. The molecule has 0 radical (unpaired) electrons. The van der Waals surface area contributed by atoms with Crippen LogP contribution in [0.4, 0.5) is 0 Å². The standard InChI is InChI=1S/C27H29N5O3/c1-19-9-11-20(12-10-19)26-28-24(35-29-26)8-5-13-31-14-16-32(17-15-31)27(34)22-18-25(33)30(2)23-7-4-3-6-21(22)23/h3-4,6-7,9-12,18H,5,8,13-17H2,1-2H3. The third-order valence-electron chi connectivity index (χ3n) is 6.69. The Morgan fingerprint density at radius 3 is 2.54 bits per heavy atom. The molecule has 2 aromatic heterocycles. The molecule has 2 aromatic carbocycles. The van der Waals surface area contributed by atoms with Gasteiger partial charge in [0.05, 0.1) is 11.1 Å². The Labute approximate surface area is 203 Å². The number of hydrogen-bond acceptors (Lipinski definition) is 6. The molecule has 8 nitrogen and oxygen atoms in total. The van der Waals surface area contributed by atoms with E-state index in [-0.39, 0.29) is 11.5 Å². The van der Waals surface area contributed by atoms with E-state index in [0.29, 0.717) is 30.4 Å². The number of carbonyl (C=O) groups is 1. The number of nitrogens with zero attached hydrogens (tertiary/aromatic N) is 5. The van der Waals surface area contributed by atoms with Crippen molar-refractivity contribution < 1.29 is 9.32 Å². The number of piperazine rings is 1. The number of hydrogen-bond donors (Lipinski definition) is 0. The summed E-state index contributed by atoms with van der Waals surface area (Å²) in [5.74, 6) is 1.19. The molecule has 180 valence electrons. The topological polar surface area (TPSA) is 84.5 Å². The predicted molar refractivity (Wildman–Crippen MR) is 134 cm³/mol. The van der Waals surface area contributed by atoms with Crippen molar-refractivity contribution in [3.8, 4) is 11.4 Å². The van der Waals surface area contributed by atoms with Crippen LogP contribution >= 0.6 is 0 Å². The highest BCUT2D eigenvalue weighted by molar-refractivity contribution is 6.06. The molecule has 1 fully saturated rings. The molecule has 0 atom stereocenters. The molecular weight excluding hydrogens is 442 g/mol. The fraction of sp³-hybridized carbons (Fsp3) is 0.333. The lowest BCUT2D eigenvalue weighted by Gasteiger charge is -2.35. The van der Waals surface area contributed by atoms with Crippen LogP contribution in [0.3, 0.4) is 0 Å². The number of benzene rings is 2. The first-order chi connectivity index (χ1) is 17.0. The average Bonchev–Trinajstić information content (AvgIpc) is 3.35. The molecule has 8 heteroatoms. The minimum Gasteiger partial charge on any atom is -0.339 e. The molecule has 1 aliphatic heterocycles. The minimum absolute atomic E-state index is 0.0759. The molecule has 0 saturated carbocycles. The first-order valence-corrected chi connectivity index (χ1v) is 12.0. The van der Waals surface area contributed by atoms with E-state index < -0.39 is 0 Å². The molecule has 1 amide bonds. The molecule has 4 aromatic rings. The third kappa shape index (κ3) is 4.88. The smallest absolute Gasteiger partial charge is 0.254 e. The lowest BCUT2D eigenvalue weighted by Crippen LogP contribution is -2.49. The Hall–Kier alpha value is -3.78. The number of aryl methyl sites for hydroxylation is 3. The van der Waals surface area contributed by atoms with E-state index in [0.717, 1.165) is 48.9 Å². The van der Waals surface area contributed by atoms with Crippen molar-refractivity contribution in [3.05, 3.63) is 82.0 Å². The van der Waals surface area contributed by atoms with Crippen molar-refractivity contribution in [2.24, 2.45) is 7.05 Å².